The van der Waals surface area contributed by atoms with Crippen molar-refractivity contribution in [1.29, 1.82) is 0 Å². The molecule has 0 fully saturated rings. The number of ether oxygens (including phenoxy) is 3. The molecule has 180 valence electrons. The van der Waals surface area contributed by atoms with Crippen LogP contribution in [0, 0.1) is 0 Å². The van der Waals surface area contributed by atoms with Gasteiger partial charge in [0.1, 0.15) is 11.5 Å². The maximum atomic E-state index is 13.6. The molecule has 0 N–H and O–H groups in total. The Kier molecular flexibility index (Phi) is 6.97. The Morgan fingerprint density at radius 3 is 2.54 bits per heavy atom. The van der Waals surface area contributed by atoms with Crippen LogP contribution in [0.3, 0.4) is 0 Å². The van der Waals surface area contributed by atoms with Crippen LogP contribution in [-0.2, 0) is 14.3 Å². The maximum absolute atomic E-state index is 13.6. The van der Waals surface area contributed by atoms with Crippen molar-refractivity contribution in [3.63, 3.8) is 0 Å². The van der Waals surface area contributed by atoms with E-state index in [1.54, 1.807) is 63.4 Å². The molecule has 1 aliphatic rings. The smallest absolute Gasteiger partial charge is 0.338 e. The molecule has 0 saturated heterocycles. The quantitative estimate of drug-likeness (QED) is 0.388. The third kappa shape index (κ3) is 4.95. The third-order valence-corrected chi connectivity index (χ3v) is 6.35. The molecule has 1 atom stereocenters. The van der Waals surface area contributed by atoms with Crippen molar-refractivity contribution >= 4 is 29.4 Å². The summed E-state index contributed by atoms with van der Waals surface area (Å²) in [5.41, 5.74) is 1.94. The molecule has 4 rings (SSSR count). The number of hydrogen-bond donors (Lipinski definition) is 0. The molecule has 2 heterocycles. The predicted molar refractivity (Wildman–Crippen MR) is 131 cm³/mol. The van der Waals surface area contributed by atoms with E-state index in [0.717, 1.165) is 5.56 Å². The van der Waals surface area contributed by atoms with E-state index in [9.17, 15) is 14.4 Å². The molecule has 0 aliphatic carbocycles. The molecule has 0 bridgehead atoms. The summed E-state index contributed by atoms with van der Waals surface area (Å²) >= 11 is 1.22. The standard InChI is InChI=1S/C26H24N2O6S/c1-5-33-25(31)22-15(2)27-26-28(23(22)18-9-11-19(32-4)12-10-18)24(30)21(35-26)14-17-7-6-8-20(13-17)34-16(3)29/h6-14,23H,5H2,1-4H3/b21-14+/t23-/m1/s1. The van der Waals surface area contributed by atoms with Crippen LogP contribution in [-0.4, -0.2) is 30.2 Å². The molecular formula is C26H24N2O6S. The summed E-state index contributed by atoms with van der Waals surface area (Å²) in [6.45, 7) is 5.00. The van der Waals surface area contributed by atoms with Gasteiger partial charge in [0, 0.05) is 6.92 Å². The molecule has 0 spiro atoms. The highest BCUT2D eigenvalue weighted by atomic mass is 32.1. The van der Waals surface area contributed by atoms with Gasteiger partial charge in [-0.25, -0.2) is 9.79 Å². The Balaban J connectivity index is 1.89. The van der Waals surface area contributed by atoms with Crippen molar-refractivity contribution in [2.45, 2.75) is 26.8 Å². The number of allylic oxidation sites excluding steroid dienone is 1. The van der Waals surface area contributed by atoms with Gasteiger partial charge in [0.05, 0.1) is 35.6 Å². The second-order valence-electron chi connectivity index (χ2n) is 7.74. The first-order valence-electron chi connectivity index (χ1n) is 10.9. The SMILES string of the molecule is CCOC(=O)C1=C(C)N=c2s/c(=C/c3cccc(OC(C)=O)c3)c(=O)n2[C@@H]1c1ccc(OC)cc1. The first kappa shape index (κ1) is 24.2. The molecule has 1 aliphatic heterocycles. The van der Waals surface area contributed by atoms with E-state index in [4.69, 9.17) is 14.2 Å². The fraction of sp³-hybridized carbons (Fsp3) is 0.231. The molecule has 0 amide bonds. The number of thiazole rings is 1. The number of rotatable bonds is 6. The molecule has 8 nitrogen and oxygen atoms in total. The zero-order valence-corrected chi connectivity index (χ0v) is 20.5. The monoisotopic (exact) mass is 492 g/mol. The van der Waals surface area contributed by atoms with E-state index in [-0.39, 0.29) is 12.2 Å². The summed E-state index contributed by atoms with van der Waals surface area (Å²) in [4.78, 5) is 42.9. The van der Waals surface area contributed by atoms with Gasteiger partial charge >= 0.3 is 11.9 Å². The van der Waals surface area contributed by atoms with E-state index in [1.807, 2.05) is 12.1 Å². The summed E-state index contributed by atoms with van der Waals surface area (Å²) in [6, 6.07) is 13.4. The van der Waals surface area contributed by atoms with Crippen molar-refractivity contribution in [2.24, 2.45) is 4.99 Å². The van der Waals surface area contributed by atoms with E-state index >= 15 is 0 Å². The number of fused-ring (bicyclic) bond motifs is 1. The zero-order valence-electron chi connectivity index (χ0n) is 19.7. The lowest BCUT2D eigenvalue weighted by molar-refractivity contribution is -0.139. The molecule has 0 unspecified atom stereocenters. The molecule has 0 radical (unpaired) electrons. The van der Waals surface area contributed by atoms with Crippen LogP contribution in [0.1, 0.15) is 37.9 Å². The summed E-state index contributed by atoms with van der Waals surface area (Å²) in [5.74, 6) is 0.101. The number of carbonyl (C=O) groups is 2. The lowest BCUT2D eigenvalue weighted by atomic mass is 9.96. The van der Waals surface area contributed by atoms with Gasteiger partial charge in [-0.2, -0.15) is 0 Å². The minimum Gasteiger partial charge on any atom is -0.497 e. The number of aromatic nitrogens is 1. The third-order valence-electron chi connectivity index (χ3n) is 5.37. The Bertz CT molecular complexity index is 1500. The Morgan fingerprint density at radius 2 is 1.89 bits per heavy atom. The largest absolute Gasteiger partial charge is 0.497 e. The zero-order chi connectivity index (χ0) is 25.1. The van der Waals surface area contributed by atoms with Crippen LogP contribution in [0.15, 0.2) is 69.6 Å². The predicted octanol–water partition coefficient (Wildman–Crippen LogP) is 2.73. The minimum absolute atomic E-state index is 0.202. The van der Waals surface area contributed by atoms with E-state index in [2.05, 4.69) is 4.99 Å². The Labute approximate surface area is 205 Å². The van der Waals surface area contributed by atoms with Crippen molar-refractivity contribution in [3.05, 3.63) is 90.6 Å². The summed E-state index contributed by atoms with van der Waals surface area (Å²) in [5, 5.41) is 0. The van der Waals surface area contributed by atoms with Gasteiger partial charge in [-0.15, -0.1) is 0 Å². The van der Waals surface area contributed by atoms with Crippen LogP contribution in [0.4, 0.5) is 0 Å². The first-order valence-corrected chi connectivity index (χ1v) is 11.8. The summed E-state index contributed by atoms with van der Waals surface area (Å²) < 4.78 is 17.7. The van der Waals surface area contributed by atoms with E-state index < -0.39 is 18.0 Å². The van der Waals surface area contributed by atoms with Gasteiger partial charge in [-0.3, -0.25) is 14.2 Å². The van der Waals surface area contributed by atoms with Gasteiger partial charge in [-0.05, 0) is 55.3 Å². The minimum atomic E-state index is -0.703. The van der Waals surface area contributed by atoms with Gasteiger partial charge in [-0.1, -0.05) is 35.6 Å². The van der Waals surface area contributed by atoms with Gasteiger partial charge in [0.15, 0.2) is 4.80 Å². The molecular weight excluding hydrogens is 468 g/mol. The van der Waals surface area contributed by atoms with E-state index in [0.29, 0.717) is 37.7 Å². The van der Waals surface area contributed by atoms with Crippen molar-refractivity contribution < 1.29 is 23.8 Å². The summed E-state index contributed by atoms with van der Waals surface area (Å²) in [6.07, 6.45) is 1.71. The van der Waals surface area contributed by atoms with Crippen LogP contribution in [0.5, 0.6) is 11.5 Å². The average molecular weight is 493 g/mol. The van der Waals surface area contributed by atoms with Crippen molar-refractivity contribution in [3.8, 4) is 11.5 Å². The van der Waals surface area contributed by atoms with Crippen LogP contribution in [0.2, 0.25) is 0 Å². The molecule has 35 heavy (non-hydrogen) atoms. The molecule has 0 saturated carbocycles. The van der Waals surface area contributed by atoms with E-state index in [1.165, 1.54) is 22.8 Å². The molecule has 2 aromatic carbocycles. The first-order chi connectivity index (χ1) is 16.8. The average Bonchev–Trinajstić information content (AvgIpc) is 3.12. The Morgan fingerprint density at radius 1 is 1.14 bits per heavy atom. The molecule has 1 aromatic heterocycles. The number of methoxy groups -OCH3 is 1. The number of benzene rings is 2. The normalized spacial score (nSPS) is 15.3. The fourth-order valence-corrected chi connectivity index (χ4v) is 4.92. The lowest BCUT2D eigenvalue weighted by Gasteiger charge is -2.24. The molecule has 3 aromatic rings. The number of carbonyl (C=O) groups excluding carboxylic acids is 2. The van der Waals surface area contributed by atoms with Gasteiger partial charge in [0.2, 0.25) is 0 Å². The second kappa shape index (κ2) is 10.1. The highest BCUT2D eigenvalue weighted by molar-refractivity contribution is 7.07. The van der Waals surface area contributed by atoms with Gasteiger partial charge in [0.25, 0.3) is 5.56 Å². The summed E-state index contributed by atoms with van der Waals surface area (Å²) in [7, 11) is 1.57. The Hall–Kier alpha value is -3.98. The number of nitrogens with zero attached hydrogens (tertiary/aromatic N) is 2. The molecule has 9 heteroatoms. The maximum Gasteiger partial charge on any atom is 0.338 e. The second-order valence-corrected chi connectivity index (χ2v) is 8.75. The van der Waals surface area contributed by atoms with Crippen LogP contribution in [0.25, 0.3) is 6.08 Å². The van der Waals surface area contributed by atoms with Crippen LogP contribution >= 0.6 is 11.3 Å². The number of esters is 2. The number of hydrogen-bond acceptors (Lipinski definition) is 8. The van der Waals surface area contributed by atoms with Gasteiger partial charge < -0.3 is 14.2 Å². The van der Waals surface area contributed by atoms with Crippen LogP contribution < -0.4 is 24.4 Å². The lowest BCUT2D eigenvalue weighted by Crippen LogP contribution is -2.39. The van der Waals surface area contributed by atoms with Crippen molar-refractivity contribution in [2.75, 3.05) is 13.7 Å². The van der Waals surface area contributed by atoms with Crippen molar-refractivity contribution in [1.82, 2.24) is 4.57 Å². The topological polar surface area (TPSA) is 96.2 Å². The highest BCUT2D eigenvalue weighted by Crippen LogP contribution is 2.31. The highest BCUT2D eigenvalue weighted by Gasteiger charge is 2.33. The fourth-order valence-electron chi connectivity index (χ4n) is 3.88.